The highest BCUT2D eigenvalue weighted by molar-refractivity contribution is 9.10. The normalized spacial score (nSPS) is 11.0. The van der Waals surface area contributed by atoms with Crippen LogP contribution in [0.15, 0.2) is 57.8 Å². The topological polar surface area (TPSA) is 84.6 Å². The summed E-state index contributed by atoms with van der Waals surface area (Å²) in [4.78, 5) is 30.5. The zero-order valence-electron chi connectivity index (χ0n) is 19.5. The van der Waals surface area contributed by atoms with E-state index in [2.05, 4.69) is 20.9 Å². The first-order valence-corrected chi connectivity index (χ1v) is 12.6. The molecule has 188 valence electrons. The van der Waals surface area contributed by atoms with Gasteiger partial charge in [-0.3, -0.25) is 4.57 Å². The monoisotopic (exact) mass is 593 g/mol. The van der Waals surface area contributed by atoms with E-state index in [4.69, 9.17) is 37.4 Å². The third-order valence-corrected chi connectivity index (χ3v) is 6.29. The van der Waals surface area contributed by atoms with E-state index in [1.54, 1.807) is 48.5 Å². The van der Waals surface area contributed by atoms with E-state index in [1.807, 2.05) is 6.92 Å². The number of imidazole rings is 1. The predicted molar refractivity (Wildman–Crippen MR) is 142 cm³/mol. The molecule has 2 heterocycles. The van der Waals surface area contributed by atoms with E-state index in [-0.39, 0.29) is 29.8 Å². The Morgan fingerprint density at radius 1 is 1.11 bits per heavy atom. The summed E-state index contributed by atoms with van der Waals surface area (Å²) in [6.45, 7) is 2.25. The Hall–Kier alpha value is -3.01. The van der Waals surface area contributed by atoms with Crippen molar-refractivity contribution in [3.05, 3.63) is 79.2 Å². The van der Waals surface area contributed by atoms with Crippen molar-refractivity contribution >= 4 is 56.3 Å². The van der Waals surface area contributed by atoms with Crippen LogP contribution in [0.2, 0.25) is 10.0 Å². The van der Waals surface area contributed by atoms with Gasteiger partial charge in [-0.25, -0.2) is 14.6 Å². The second-order valence-electron chi connectivity index (χ2n) is 7.80. The number of carbonyl (C=O) groups excluding carboxylic acids is 1. The number of nitrogens with zero attached hydrogens (tertiary/aromatic N) is 3. The van der Waals surface area contributed by atoms with Crippen LogP contribution in [-0.2, 0) is 11.3 Å². The molecule has 0 aliphatic carbocycles. The lowest BCUT2D eigenvalue weighted by Crippen LogP contribution is -2.30. The van der Waals surface area contributed by atoms with Gasteiger partial charge in [-0.1, -0.05) is 64.6 Å². The Balaban J connectivity index is 1.74. The maximum atomic E-state index is 13.3. The zero-order chi connectivity index (χ0) is 25.8. The molecule has 4 rings (SSSR count). The van der Waals surface area contributed by atoms with Gasteiger partial charge in [0.1, 0.15) is 10.8 Å². The summed E-state index contributed by atoms with van der Waals surface area (Å²) >= 11 is 16.0. The minimum atomic E-state index is -0.722. The van der Waals surface area contributed by atoms with Gasteiger partial charge in [0.05, 0.1) is 37.0 Å². The molecular formula is C25H22BrCl2N3O5. The molecule has 0 saturated heterocycles. The zero-order valence-corrected chi connectivity index (χ0v) is 22.6. The number of ether oxygens (including phenoxy) is 3. The smallest absolute Gasteiger partial charge is 0.422 e. The highest BCUT2D eigenvalue weighted by Crippen LogP contribution is 2.37. The number of methoxy groups -OCH3 is 1. The van der Waals surface area contributed by atoms with Crippen LogP contribution in [0.5, 0.6) is 17.4 Å². The number of pyridine rings is 1. The van der Waals surface area contributed by atoms with E-state index in [9.17, 15) is 9.59 Å². The first-order valence-electron chi connectivity index (χ1n) is 11.1. The van der Waals surface area contributed by atoms with Gasteiger partial charge >= 0.3 is 11.8 Å². The molecular weight excluding hydrogens is 573 g/mol. The number of benzene rings is 2. The van der Waals surface area contributed by atoms with Crippen molar-refractivity contribution in [2.45, 2.75) is 26.3 Å². The molecule has 4 aromatic rings. The number of aromatic nitrogens is 3. The Bertz CT molecular complexity index is 1460. The minimum Gasteiger partial charge on any atom is -0.480 e. The SMILES string of the molecule is CCCCOC(=O)n1c(=O)n(Cc2cc(Oc3cc(Cl)cc(Br)c3)c(Cl)c(OC)n2)c2ccccc21. The number of hydrogen-bond donors (Lipinski definition) is 0. The van der Waals surface area contributed by atoms with Crippen molar-refractivity contribution in [3.8, 4) is 17.4 Å². The molecule has 0 atom stereocenters. The molecule has 2 aromatic carbocycles. The number of para-hydroxylation sites is 2. The fourth-order valence-corrected chi connectivity index (χ4v) is 4.65. The molecule has 0 spiro atoms. The number of halogens is 3. The lowest BCUT2D eigenvalue weighted by atomic mass is 10.3. The predicted octanol–water partition coefficient (Wildman–Crippen LogP) is 6.90. The van der Waals surface area contributed by atoms with Gasteiger partial charge in [-0.15, -0.1) is 0 Å². The Morgan fingerprint density at radius 2 is 1.86 bits per heavy atom. The van der Waals surface area contributed by atoms with Gasteiger partial charge in [0, 0.05) is 15.6 Å². The van der Waals surface area contributed by atoms with E-state index < -0.39 is 11.8 Å². The van der Waals surface area contributed by atoms with Crippen LogP contribution in [0.1, 0.15) is 25.5 Å². The summed E-state index contributed by atoms with van der Waals surface area (Å²) < 4.78 is 19.8. The van der Waals surface area contributed by atoms with Crippen LogP contribution >= 0.6 is 39.1 Å². The molecule has 0 bridgehead atoms. The summed E-state index contributed by atoms with van der Waals surface area (Å²) in [5.41, 5.74) is 0.864. The third kappa shape index (κ3) is 5.53. The van der Waals surface area contributed by atoms with Crippen molar-refractivity contribution < 1.29 is 19.0 Å². The van der Waals surface area contributed by atoms with Gasteiger partial charge in [0.15, 0.2) is 5.75 Å². The van der Waals surface area contributed by atoms with Gasteiger partial charge < -0.3 is 14.2 Å². The molecule has 0 fully saturated rings. The quantitative estimate of drug-likeness (QED) is 0.206. The average molecular weight is 595 g/mol. The van der Waals surface area contributed by atoms with E-state index >= 15 is 0 Å². The lowest BCUT2D eigenvalue weighted by Gasteiger charge is -2.13. The second kappa shape index (κ2) is 11.4. The molecule has 0 amide bonds. The summed E-state index contributed by atoms with van der Waals surface area (Å²) in [7, 11) is 1.43. The highest BCUT2D eigenvalue weighted by Gasteiger charge is 2.21. The van der Waals surface area contributed by atoms with Crippen LogP contribution in [0.25, 0.3) is 11.0 Å². The standard InChI is InChI=1S/C25H22BrCl2N3O5/c1-3-4-9-35-25(33)31-20-8-6-5-7-19(20)30(24(31)32)14-17-13-21(22(28)23(29-17)34-2)36-18-11-15(26)10-16(27)12-18/h5-8,10-13H,3-4,9,14H2,1-2H3. The van der Waals surface area contributed by atoms with Crippen LogP contribution in [0, 0.1) is 0 Å². The van der Waals surface area contributed by atoms with Crippen molar-refractivity contribution in [3.63, 3.8) is 0 Å². The van der Waals surface area contributed by atoms with Crippen molar-refractivity contribution in [1.82, 2.24) is 14.1 Å². The third-order valence-electron chi connectivity index (χ3n) is 5.27. The Morgan fingerprint density at radius 3 is 2.56 bits per heavy atom. The molecule has 11 heteroatoms. The van der Waals surface area contributed by atoms with Gasteiger partial charge in [0.25, 0.3) is 0 Å². The molecule has 36 heavy (non-hydrogen) atoms. The van der Waals surface area contributed by atoms with Crippen molar-refractivity contribution in [1.29, 1.82) is 0 Å². The van der Waals surface area contributed by atoms with Crippen LogP contribution < -0.4 is 15.2 Å². The lowest BCUT2D eigenvalue weighted by molar-refractivity contribution is 0.146. The first-order chi connectivity index (χ1) is 17.3. The van der Waals surface area contributed by atoms with Crippen LogP contribution in [0.4, 0.5) is 4.79 Å². The van der Waals surface area contributed by atoms with Gasteiger partial charge in [0.2, 0.25) is 5.88 Å². The number of hydrogen-bond acceptors (Lipinski definition) is 6. The van der Waals surface area contributed by atoms with Crippen LogP contribution in [0.3, 0.4) is 0 Å². The van der Waals surface area contributed by atoms with Gasteiger partial charge in [-0.2, -0.15) is 4.57 Å². The molecule has 0 saturated carbocycles. The molecule has 8 nitrogen and oxygen atoms in total. The Labute approximate surface area is 225 Å². The fourth-order valence-electron chi connectivity index (χ4n) is 3.60. The Kier molecular flexibility index (Phi) is 8.23. The number of fused-ring (bicyclic) bond motifs is 1. The molecule has 0 unspecified atom stereocenters. The molecule has 2 aromatic heterocycles. The summed E-state index contributed by atoms with van der Waals surface area (Å²) in [5, 5.41) is 0.633. The summed E-state index contributed by atoms with van der Waals surface area (Å²) in [5.74, 6) is 0.837. The minimum absolute atomic E-state index is 0.0255. The highest BCUT2D eigenvalue weighted by atomic mass is 79.9. The molecule has 0 aliphatic heterocycles. The molecule has 0 aliphatic rings. The summed E-state index contributed by atoms with van der Waals surface area (Å²) in [6.07, 6.45) is 0.852. The maximum absolute atomic E-state index is 13.3. The average Bonchev–Trinajstić information content (AvgIpc) is 3.11. The fraction of sp³-hybridized carbons (Fsp3) is 0.240. The second-order valence-corrected chi connectivity index (χ2v) is 9.53. The van der Waals surface area contributed by atoms with E-state index in [0.717, 1.165) is 15.5 Å². The molecule has 0 N–H and O–H groups in total. The van der Waals surface area contributed by atoms with E-state index in [1.165, 1.54) is 11.7 Å². The van der Waals surface area contributed by atoms with Crippen molar-refractivity contribution in [2.24, 2.45) is 0 Å². The van der Waals surface area contributed by atoms with Crippen LogP contribution in [-0.4, -0.2) is 33.9 Å². The van der Waals surface area contributed by atoms with E-state index in [0.29, 0.717) is 33.9 Å². The number of unbranched alkanes of at least 4 members (excludes halogenated alkanes) is 1. The number of carbonyl (C=O) groups is 1. The first kappa shape index (κ1) is 26.1. The van der Waals surface area contributed by atoms with Crippen molar-refractivity contribution in [2.75, 3.05) is 13.7 Å². The number of rotatable bonds is 8. The maximum Gasteiger partial charge on any atom is 0.422 e. The summed E-state index contributed by atoms with van der Waals surface area (Å²) in [6, 6.07) is 13.7. The molecule has 0 radical (unpaired) electrons. The largest absolute Gasteiger partial charge is 0.480 e. The van der Waals surface area contributed by atoms with Gasteiger partial charge in [-0.05, 0) is 36.8 Å².